The third kappa shape index (κ3) is 2.61. The van der Waals surface area contributed by atoms with Crippen molar-refractivity contribution >= 4 is 0 Å². The summed E-state index contributed by atoms with van der Waals surface area (Å²) >= 11 is 0. The van der Waals surface area contributed by atoms with Gasteiger partial charge in [-0.05, 0) is 18.2 Å². The summed E-state index contributed by atoms with van der Waals surface area (Å²) in [6, 6.07) is 5.97. The lowest BCUT2D eigenvalue weighted by atomic mass is 10.2. The van der Waals surface area contributed by atoms with Crippen molar-refractivity contribution in [3.05, 3.63) is 23.8 Å². The van der Waals surface area contributed by atoms with Crippen LogP contribution in [0, 0.1) is 0 Å². The van der Waals surface area contributed by atoms with E-state index in [9.17, 15) is 0 Å². The van der Waals surface area contributed by atoms with Crippen LogP contribution in [0.15, 0.2) is 18.2 Å². The smallest absolute Gasteiger partial charge is 0.161 e. The first-order chi connectivity index (χ1) is 7.40. The highest BCUT2D eigenvalue weighted by molar-refractivity contribution is 5.43. The van der Waals surface area contributed by atoms with Gasteiger partial charge in [0.1, 0.15) is 19.8 Å². The van der Waals surface area contributed by atoms with Crippen molar-refractivity contribution in [3.8, 4) is 11.5 Å². The summed E-state index contributed by atoms with van der Waals surface area (Å²) in [6.07, 6.45) is 0. The summed E-state index contributed by atoms with van der Waals surface area (Å²) in [5.41, 5.74) is 1.19. The fourth-order valence-corrected chi connectivity index (χ4v) is 1.57. The van der Waals surface area contributed by atoms with Crippen molar-refractivity contribution in [3.63, 3.8) is 0 Å². The Hall–Kier alpha value is -1.26. The molecule has 4 heteroatoms. The van der Waals surface area contributed by atoms with Crippen molar-refractivity contribution in [1.29, 1.82) is 0 Å². The molecule has 1 aliphatic heterocycles. The topological polar surface area (TPSA) is 55.3 Å². The van der Waals surface area contributed by atoms with Crippen LogP contribution in [0.3, 0.4) is 0 Å². The number of aliphatic hydroxyl groups excluding tert-OH is 1. The highest BCUT2D eigenvalue weighted by Crippen LogP contribution is 2.30. The van der Waals surface area contributed by atoms with E-state index >= 15 is 0 Å². The molecule has 82 valence electrons. The van der Waals surface area contributed by atoms with Crippen molar-refractivity contribution in [2.75, 3.05) is 26.4 Å². The molecule has 0 fully saturated rings. The third-order valence-corrected chi connectivity index (χ3v) is 2.32. The summed E-state index contributed by atoms with van der Waals surface area (Å²) < 4.78 is 10.9. The van der Waals surface area contributed by atoms with Crippen LogP contribution in [0.2, 0.25) is 0 Å². The summed E-state index contributed by atoms with van der Waals surface area (Å²) in [6.45, 7) is 3.05. The molecule has 0 atom stereocenters. The molecule has 0 saturated heterocycles. The maximum atomic E-state index is 8.66. The van der Waals surface area contributed by atoms with E-state index in [-0.39, 0.29) is 6.61 Å². The monoisotopic (exact) mass is 210 g/mol. The Kier molecular flexibility index (Phi) is 3.42. The van der Waals surface area contributed by atoms with E-state index in [0.29, 0.717) is 13.2 Å². The number of aliphatic hydroxyl groups is 1. The molecular weight excluding hydrogens is 194 g/mol. The third-order valence-electron chi connectivity index (χ3n) is 2.32. The Labute approximate surface area is 88.8 Å². The molecule has 4 nitrogen and oxygen atoms in total. The average molecular weight is 210 g/mol. The summed E-state index contributed by atoms with van der Waals surface area (Å²) in [7, 11) is 0. The average Bonchev–Trinajstić information content (AvgIpc) is 2.29. The number of hydrogen-bond donors (Lipinski definition) is 2. The predicted molar refractivity (Wildman–Crippen MR) is 55.0 cm³/mol. The van der Waals surface area contributed by atoms with Crippen LogP contribution in [0.5, 0.6) is 11.5 Å². The minimum atomic E-state index is 0.213. The van der Waals surface area contributed by atoms with Crippen LogP contribution < -0.4 is 14.8 Å². The predicted octanol–water partition coefficient (Wildman–Crippen LogP) is -0.486. The molecule has 0 radical (unpaired) electrons. The minimum absolute atomic E-state index is 0.213. The number of fused-ring (bicyclic) bond motifs is 1. The van der Waals surface area contributed by atoms with E-state index in [1.807, 2.05) is 18.2 Å². The fourth-order valence-electron chi connectivity index (χ4n) is 1.57. The Morgan fingerprint density at radius 3 is 2.80 bits per heavy atom. The van der Waals surface area contributed by atoms with Gasteiger partial charge in [0.05, 0.1) is 13.2 Å². The summed E-state index contributed by atoms with van der Waals surface area (Å²) in [5.74, 6) is 1.66. The zero-order valence-corrected chi connectivity index (χ0v) is 8.61. The lowest BCUT2D eigenvalue weighted by molar-refractivity contribution is -0.671. The van der Waals surface area contributed by atoms with E-state index in [1.54, 1.807) is 0 Å². The van der Waals surface area contributed by atoms with Gasteiger partial charge in [0.2, 0.25) is 0 Å². The number of benzene rings is 1. The molecule has 0 aliphatic carbocycles. The van der Waals surface area contributed by atoms with Crippen LogP contribution in [-0.4, -0.2) is 31.5 Å². The molecule has 2 rings (SSSR count). The Morgan fingerprint density at radius 1 is 1.20 bits per heavy atom. The zero-order chi connectivity index (χ0) is 10.5. The van der Waals surface area contributed by atoms with Gasteiger partial charge >= 0.3 is 0 Å². The van der Waals surface area contributed by atoms with Crippen LogP contribution in [0.4, 0.5) is 0 Å². The second kappa shape index (κ2) is 5.00. The quantitative estimate of drug-likeness (QED) is 0.660. The molecule has 0 saturated carbocycles. The van der Waals surface area contributed by atoms with E-state index in [2.05, 4.69) is 5.32 Å². The van der Waals surface area contributed by atoms with Gasteiger partial charge in [-0.3, -0.25) is 0 Å². The Morgan fingerprint density at radius 2 is 2.00 bits per heavy atom. The molecule has 1 aromatic carbocycles. The van der Waals surface area contributed by atoms with E-state index < -0.39 is 0 Å². The van der Waals surface area contributed by atoms with E-state index in [0.717, 1.165) is 24.6 Å². The van der Waals surface area contributed by atoms with Crippen LogP contribution in [0.1, 0.15) is 5.56 Å². The zero-order valence-electron chi connectivity index (χ0n) is 8.61. The normalized spacial score (nSPS) is 13.9. The second-order valence-corrected chi connectivity index (χ2v) is 3.48. The standard InChI is InChI=1S/C11H15NO3/c13-4-3-12-8-9-1-2-10-11(7-9)15-6-5-14-10/h1-2,7,12-13H,3-6,8H2/p+1. The molecule has 1 aromatic rings. The largest absolute Gasteiger partial charge is 0.486 e. The van der Waals surface area contributed by atoms with Gasteiger partial charge in [-0.2, -0.15) is 0 Å². The van der Waals surface area contributed by atoms with Crippen molar-refractivity contribution in [1.82, 2.24) is 0 Å². The van der Waals surface area contributed by atoms with Gasteiger partial charge < -0.3 is 19.9 Å². The van der Waals surface area contributed by atoms with Gasteiger partial charge in [0, 0.05) is 5.56 Å². The minimum Gasteiger partial charge on any atom is -0.486 e. The van der Waals surface area contributed by atoms with Gasteiger partial charge in [-0.25, -0.2) is 0 Å². The van der Waals surface area contributed by atoms with Gasteiger partial charge in [-0.1, -0.05) is 0 Å². The van der Waals surface area contributed by atoms with Crippen LogP contribution in [-0.2, 0) is 6.54 Å². The van der Waals surface area contributed by atoms with Gasteiger partial charge in [-0.15, -0.1) is 0 Å². The molecule has 0 bridgehead atoms. The molecule has 0 spiro atoms. The first kappa shape index (κ1) is 10.3. The van der Waals surface area contributed by atoms with Crippen molar-refractivity contribution in [2.45, 2.75) is 6.54 Å². The highest BCUT2D eigenvalue weighted by Gasteiger charge is 2.11. The van der Waals surface area contributed by atoms with Crippen molar-refractivity contribution in [2.24, 2.45) is 0 Å². The molecule has 1 aliphatic rings. The lowest BCUT2D eigenvalue weighted by Gasteiger charge is -2.18. The van der Waals surface area contributed by atoms with E-state index in [4.69, 9.17) is 14.6 Å². The maximum Gasteiger partial charge on any atom is 0.161 e. The summed E-state index contributed by atoms with van der Waals surface area (Å²) in [4.78, 5) is 0. The first-order valence-corrected chi connectivity index (χ1v) is 5.21. The second-order valence-electron chi connectivity index (χ2n) is 3.48. The Bertz CT molecular complexity index is 328. The molecular formula is C11H16NO3+. The van der Waals surface area contributed by atoms with E-state index in [1.165, 1.54) is 5.56 Å². The number of hydrogen-bond acceptors (Lipinski definition) is 3. The fraction of sp³-hybridized carbons (Fsp3) is 0.455. The molecule has 0 unspecified atom stereocenters. The molecule has 1 heterocycles. The molecule has 15 heavy (non-hydrogen) atoms. The summed E-state index contributed by atoms with van der Waals surface area (Å²) in [5, 5.41) is 10.7. The number of ether oxygens (including phenoxy) is 2. The Balaban J connectivity index is 2.00. The van der Waals surface area contributed by atoms with Crippen LogP contribution >= 0.6 is 0 Å². The number of nitrogens with two attached hydrogens (primary N) is 1. The maximum absolute atomic E-state index is 8.66. The SMILES string of the molecule is OCC[NH2+]Cc1ccc2c(c1)OCCO2. The van der Waals surface area contributed by atoms with Gasteiger partial charge in [0.15, 0.2) is 11.5 Å². The molecule has 0 aromatic heterocycles. The first-order valence-electron chi connectivity index (χ1n) is 5.21. The number of quaternary nitrogens is 1. The van der Waals surface area contributed by atoms with Crippen LogP contribution in [0.25, 0.3) is 0 Å². The van der Waals surface area contributed by atoms with Gasteiger partial charge in [0.25, 0.3) is 0 Å². The van der Waals surface area contributed by atoms with Crippen molar-refractivity contribution < 1.29 is 19.9 Å². The number of rotatable bonds is 4. The lowest BCUT2D eigenvalue weighted by Crippen LogP contribution is -2.83. The molecule has 0 amide bonds. The highest BCUT2D eigenvalue weighted by atomic mass is 16.6. The molecule has 3 N–H and O–H groups in total.